The third-order valence-corrected chi connectivity index (χ3v) is 6.08. The van der Waals surface area contributed by atoms with Gasteiger partial charge in [-0.1, -0.05) is 35.1 Å². The molecule has 0 spiro atoms. The van der Waals surface area contributed by atoms with E-state index in [1.54, 1.807) is 24.3 Å². The number of thiazole rings is 1. The number of para-hydroxylation sites is 1. The number of aliphatic hydroxyl groups excluding tert-OH is 1. The van der Waals surface area contributed by atoms with Gasteiger partial charge in [-0.3, -0.25) is 9.59 Å². The van der Waals surface area contributed by atoms with Gasteiger partial charge in [0, 0.05) is 18.1 Å². The molecule has 1 heterocycles. The van der Waals surface area contributed by atoms with Crippen LogP contribution in [0.1, 0.15) is 22.3 Å². The van der Waals surface area contributed by atoms with Crippen LogP contribution in [-0.2, 0) is 4.79 Å². The number of halogens is 1. The van der Waals surface area contributed by atoms with Crippen LogP contribution in [0.5, 0.6) is 0 Å². The molecule has 0 bridgehead atoms. The maximum atomic E-state index is 12.6. The van der Waals surface area contributed by atoms with E-state index in [4.69, 9.17) is 16.7 Å². The molecule has 2 amide bonds. The molecular weight excluding hydrogens is 398 g/mol. The molecule has 1 saturated carbocycles. The highest BCUT2D eigenvalue weighted by Gasteiger charge is 2.42. The van der Waals surface area contributed by atoms with Crippen LogP contribution in [0.15, 0.2) is 36.4 Å². The SMILES string of the molecule is Cc1cccc(Cl)c1NC(=O)c1ccc2nc(NC(=O)[C@@H]3C[C@H]3CO)sc2c1. The number of hydrogen-bond acceptors (Lipinski definition) is 5. The van der Waals surface area contributed by atoms with Crippen molar-refractivity contribution >= 4 is 55.8 Å². The van der Waals surface area contributed by atoms with Crippen molar-refractivity contribution in [2.45, 2.75) is 13.3 Å². The smallest absolute Gasteiger partial charge is 0.255 e. The van der Waals surface area contributed by atoms with Crippen LogP contribution in [0.2, 0.25) is 5.02 Å². The van der Waals surface area contributed by atoms with E-state index in [0.29, 0.717) is 33.3 Å². The summed E-state index contributed by atoms with van der Waals surface area (Å²) in [6.07, 6.45) is 0.707. The number of rotatable bonds is 5. The van der Waals surface area contributed by atoms with Gasteiger partial charge >= 0.3 is 0 Å². The summed E-state index contributed by atoms with van der Waals surface area (Å²) in [6.45, 7) is 1.91. The van der Waals surface area contributed by atoms with E-state index in [-0.39, 0.29) is 30.3 Å². The number of carbonyl (C=O) groups excluding carboxylic acids is 2. The largest absolute Gasteiger partial charge is 0.396 e. The summed E-state index contributed by atoms with van der Waals surface area (Å²) in [5, 5.41) is 15.7. The van der Waals surface area contributed by atoms with Gasteiger partial charge in [-0.2, -0.15) is 0 Å². The number of carbonyl (C=O) groups is 2. The van der Waals surface area contributed by atoms with Gasteiger partial charge in [-0.15, -0.1) is 0 Å². The van der Waals surface area contributed by atoms with Crippen molar-refractivity contribution in [1.82, 2.24) is 4.98 Å². The second-order valence-corrected chi connectivity index (χ2v) is 8.30. The zero-order valence-electron chi connectivity index (χ0n) is 15.0. The molecule has 2 aromatic carbocycles. The number of hydrogen-bond donors (Lipinski definition) is 3. The molecule has 1 aliphatic carbocycles. The molecule has 0 saturated heterocycles. The molecule has 28 heavy (non-hydrogen) atoms. The Kier molecular flexibility index (Phi) is 5.05. The van der Waals surface area contributed by atoms with Gasteiger partial charge in [0.15, 0.2) is 5.13 Å². The zero-order chi connectivity index (χ0) is 19.8. The van der Waals surface area contributed by atoms with Crippen LogP contribution >= 0.6 is 22.9 Å². The monoisotopic (exact) mass is 415 g/mol. The van der Waals surface area contributed by atoms with Crippen LogP contribution in [0.3, 0.4) is 0 Å². The fourth-order valence-electron chi connectivity index (χ4n) is 3.06. The summed E-state index contributed by atoms with van der Waals surface area (Å²) in [5.74, 6) is -0.471. The molecule has 3 aromatic rings. The Labute approximate surface area is 170 Å². The average Bonchev–Trinajstić information content (AvgIpc) is 3.36. The first-order chi connectivity index (χ1) is 13.5. The number of aliphatic hydroxyl groups is 1. The molecule has 0 aliphatic heterocycles. The first-order valence-corrected chi connectivity index (χ1v) is 10.0. The van der Waals surface area contributed by atoms with E-state index in [9.17, 15) is 9.59 Å². The molecule has 0 unspecified atom stereocenters. The minimum atomic E-state index is -0.263. The Morgan fingerprint density at radius 1 is 1.29 bits per heavy atom. The van der Waals surface area contributed by atoms with Crippen LogP contribution in [0.4, 0.5) is 10.8 Å². The predicted molar refractivity (Wildman–Crippen MR) is 111 cm³/mol. The standard InChI is InChI=1S/C20H18ClN3O3S/c1-10-3-2-4-14(21)17(10)23-18(26)11-5-6-15-16(8-11)28-20(22-15)24-19(27)13-7-12(13)9-25/h2-6,8,12-13,25H,7,9H2,1H3,(H,23,26)(H,22,24,27)/t12-,13+/m0/s1. The van der Waals surface area contributed by atoms with Crippen LogP contribution in [0.25, 0.3) is 10.2 Å². The lowest BCUT2D eigenvalue weighted by Gasteiger charge is -2.10. The van der Waals surface area contributed by atoms with Crippen molar-refractivity contribution in [1.29, 1.82) is 0 Å². The second-order valence-electron chi connectivity index (χ2n) is 6.86. The van der Waals surface area contributed by atoms with Gasteiger partial charge in [-0.25, -0.2) is 4.98 Å². The van der Waals surface area contributed by atoms with Crippen molar-refractivity contribution < 1.29 is 14.7 Å². The van der Waals surface area contributed by atoms with Crippen LogP contribution in [-0.4, -0.2) is 28.5 Å². The maximum absolute atomic E-state index is 12.6. The molecule has 2 atom stereocenters. The van der Waals surface area contributed by atoms with E-state index >= 15 is 0 Å². The van der Waals surface area contributed by atoms with Gasteiger partial charge in [0.05, 0.1) is 20.9 Å². The number of aryl methyl sites for hydroxylation is 1. The number of nitrogens with one attached hydrogen (secondary N) is 2. The van der Waals surface area contributed by atoms with Crippen molar-refractivity contribution in [2.75, 3.05) is 17.2 Å². The van der Waals surface area contributed by atoms with E-state index in [2.05, 4.69) is 15.6 Å². The van der Waals surface area contributed by atoms with Crippen molar-refractivity contribution in [2.24, 2.45) is 11.8 Å². The minimum absolute atomic E-state index is 0.0291. The second kappa shape index (κ2) is 7.50. The summed E-state index contributed by atoms with van der Waals surface area (Å²) in [4.78, 5) is 29.2. The summed E-state index contributed by atoms with van der Waals surface area (Å²) in [7, 11) is 0. The Morgan fingerprint density at radius 3 is 2.82 bits per heavy atom. The Morgan fingerprint density at radius 2 is 2.11 bits per heavy atom. The summed E-state index contributed by atoms with van der Waals surface area (Å²) < 4.78 is 0.799. The Hall–Kier alpha value is -2.48. The highest BCUT2D eigenvalue weighted by molar-refractivity contribution is 7.22. The fraction of sp³-hybridized carbons (Fsp3) is 0.250. The maximum Gasteiger partial charge on any atom is 0.255 e. The lowest BCUT2D eigenvalue weighted by atomic mass is 10.1. The zero-order valence-corrected chi connectivity index (χ0v) is 16.6. The van der Waals surface area contributed by atoms with Gasteiger partial charge in [0.25, 0.3) is 5.91 Å². The van der Waals surface area contributed by atoms with Crippen molar-refractivity contribution in [3.05, 3.63) is 52.5 Å². The van der Waals surface area contributed by atoms with Crippen molar-refractivity contribution in [3.63, 3.8) is 0 Å². The van der Waals surface area contributed by atoms with Gasteiger partial charge in [0.1, 0.15) is 0 Å². The first-order valence-electron chi connectivity index (χ1n) is 8.85. The van der Waals surface area contributed by atoms with Crippen molar-refractivity contribution in [3.8, 4) is 0 Å². The molecule has 1 fully saturated rings. The minimum Gasteiger partial charge on any atom is -0.396 e. The molecule has 8 heteroatoms. The topological polar surface area (TPSA) is 91.3 Å². The Balaban J connectivity index is 1.51. The normalized spacial score (nSPS) is 18.1. The van der Waals surface area contributed by atoms with Gasteiger partial charge in [-0.05, 0) is 49.1 Å². The quantitative estimate of drug-likeness (QED) is 0.585. The fourth-order valence-corrected chi connectivity index (χ4v) is 4.24. The summed E-state index contributed by atoms with van der Waals surface area (Å²) in [5.41, 5.74) is 2.66. The number of nitrogens with zero attached hydrogens (tertiary/aromatic N) is 1. The highest BCUT2D eigenvalue weighted by atomic mass is 35.5. The molecule has 144 valence electrons. The van der Waals surface area contributed by atoms with Crippen LogP contribution < -0.4 is 10.6 Å². The number of amides is 2. The lowest BCUT2D eigenvalue weighted by molar-refractivity contribution is -0.117. The molecule has 4 rings (SSSR count). The van der Waals surface area contributed by atoms with Gasteiger partial charge < -0.3 is 15.7 Å². The number of anilines is 2. The average molecular weight is 416 g/mol. The van der Waals surface area contributed by atoms with E-state index in [1.807, 2.05) is 19.1 Å². The van der Waals surface area contributed by atoms with Gasteiger partial charge in [0.2, 0.25) is 5.91 Å². The first kappa shape index (κ1) is 18.9. The van der Waals surface area contributed by atoms with E-state index in [0.717, 1.165) is 10.3 Å². The molecular formula is C20H18ClN3O3S. The molecule has 1 aromatic heterocycles. The molecule has 1 aliphatic rings. The molecule has 0 radical (unpaired) electrons. The van der Waals surface area contributed by atoms with E-state index in [1.165, 1.54) is 11.3 Å². The number of aromatic nitrogens is 1. The van der Waals surface area contributed by atoms with Crippen LogP contribution in [0, 0.1) is 18.8 Å². The third kappa shape index (κ3) is 3.73. The summed E-state index contributed by atoms with van der Waals surface area (Å²) in [6, 6.07) is 10.6. The summed E-state index contributed by atoms with van der Waals surface area (Å²) >= 11 is 7.49. The third-order valence-electron chi connectivity index (χ3n) is 4.84. The predicted octanol–water partition coefficient (Wildman–Crippen LogP) is 4.08. The Bertz CT molecular complexity index is 1060. The molecule has 6 nitrogen and oxygen atoms in total. The number of benzene rings is 2. The lowest BCUT2D eigenvalue weighted by Crippen LogP contribution is -2.15. The van der Waals surface area contributed by atoms with E-state index < -0.39 is 0 Å². The number of fused-ring (bicyclic) bond motifs is 1. The molecule has 3 N–H and O–H groups in total. The highest BCUT2D eigenvalue weighted by Crippen LogP contribution is 2.39.